The number of anilines is 1. The Morgan fingerprint density at radius 2 is 1.77 bits per heavy atom. The minimum absolute atomic E-state index is 0.139. The van der Waals surface area contributed by atoms with E-state index in [0.717, 1.165) is 12.1 Å². The predicted octanol–water partition coefficient (Wildman–Crippen LogP) is 4.06. The lowest BCUT2D eigenvalue weighted by molar-refractivity contribution is -0.274. The zero-order chi connectivity index (χ0) is 21.7. The van der Waals surface area contributed by atoms with Crippen LogP contribution in [0.4, 0.5) is 23.7 Å². The first kappa shape index (κ1) is 21.7. The molecule has 0 bridgehead atoms. The quantitative estimate of drug-likeness (QED) is 0.748. The first-order valence-electron chi connectivity index (χ1n) is 9.04. The molecule has 30 heavy (non-hydrogen) atoms. The standard InChI is InChI=1S/C19H18ClF3N4O3/c20-12-1-6-16(24-11-12)17(28)27-9-7-14(8-10-27)26-18(29)25-13-2-4-15(5-3-13)30-19(21,22)23/h1-6,11,14H,7-10H2,(H2,25,26,29). The summed E-state index contributed by atoms with van der Waals surface area (Å²) in [5.74, 6) is -0.573. The van der Waals surface area contributed by atoms with Crippen LogP contribution in [0.25, 0.3) is 0 Å². The molecule has 2 heterocycles. The third-order valence-corrected chi connectivity index (χ3v) is 4.63. The number of rotatable bonds is 4. The van der Waals surface area contributed by atoms with Crippen molar-refractivity contribution in [1.29, 1.82) is 0 Å². The molecule has 0 radical (unpaired) electrons. The van der Waals surface area contributed by atoms with Gasteiger partial charge in [-0.25, -0.2) is 9.78 Å². The Hall–Kier alpha value is -3.01. The van der Waals surface area contributed by atoms with Crippen molar-refractivity contribution in [3.8, 4) is 5.75 Å². The van der Waals surface area contributed by atoms with Crippen molar-refractivity contribution in [2.24, 2.45) is 0 Å². The number of hydrogen-bond donors (Lipinski definition) is 2. The Labute approximate surface area is 175 Å². The number of pyridine rings is 1. The van der Waals surface area contributed by atoms with Gasteiger partial charge in [0.25, 0.3) is 5.91 Å². The minimum Gasteiger partial charge on any atom is -0.406 e. The van der Waals surface area contributed by atoms with Crippen LogP contribution in [0.15, 0.2) is 42.6 Å². The third kappa shape index (κ3) is 6.24. The van der Waals surface area contributed by atoms with Crippen molar-refractivity contribution < 1.29 is 27.5 Å². The van der Waals surface area contributed by atoms with Crippen LogP contribution in [-0.4, -0.2) is 47.3 Å². The molecule has 1 aliphatic heterocycles. The molecule has 3 rings (SSSR count). The maximum absolute atomic E-state index is 12.4. The second kappa shape index (κ2) is 9.21. The van der Waals surface area contributed by atoms with Crippen LogP contribution in [0.2, 0.25) is 5.02 Å². The molecule has 1 aliphatic rings. The molecule has 0 unspecified atom stereocenters. The normalized spacial score (nSPS) is 14.9. The van der Waals surface area contributed by atoms with Gasteiger partial charge in [0.1, 0.15) is 11.4 Å². The van der Waals surface area contributed by atoms with E-state index in [1.54, 1.807) is 17.0 Å². The molecule has 11 heteroatoms. The van der Waals surface area contributed by atoms with Gasteiger partial charge in [0.2, 0.25) is 0 Å². The van der Waals surface area contributed by atoms with E-state index in [0.29, 0.717) is 42.3 Å². The third-order valence-electron chi connectivity index (χ3n) is 4.41. The number of hydrogen-bond acceptors (Lipinski definition) is 4. The lowest BCUT2D eigenvalue weighted by Crippen LogP contribution is -2.47. The Bertz CT molecular complexity index is 883. The average Bonchev–Trinajstić information content (AvgIpc) is 2.69. The summed E-state index contributed by atoms with van der Waals surface area (Å²) in [6.45, 7) is 0.912. The van der Waals surface area contributed by atoms with Gasteiger partial charge in [-0.2, -0.15) is 0 Å². The summed E-state index contributed by atoms with van der Waals surface area (Å²) in [5, 5.41) is 5.80. The SMILES string of the molecule is O=C(Nc1ccc(OC(F)(F)F)cc1)NC1CCN(C(=O)c2ccc(Cl)cn2)CC1. The zero-order valence-electron chi connectivity index (χ0n) is 15.6. The summed E-state index contributed by atoms with van der Waals surface area (Å²) in [4.78, 5) is 30.2. The van der Waals surface area contributed by atoms with Gasteiger partial charge in [-0.05, 0) is 49.2 Å². The number of ether oxygens (including phenoxy) is 1. The predicted molar refractivity (Wildman–Crippen MR) is 103 cm³/mol. The number of amides is 3. The van der Waals surface area contributed by atoms with Gasteiger partial charge in [0.05, 0.1) is 5.02 Å². The van der Waals surface area contributed by atoms with E-state index < -0.39 is 12.4 Å². The number of benzene rings is 1. The van der Waals surface area contributed by atoms with E-state index in [1.165, 1.54) is 18.3 Å². The summed E-state index contributed by atoms with van der Waals surface area (Å²) in [6.07, 6.45) is -2.24. The van der Waals surface area contributed by atoms with Crippen molar-refractivity contribution in [3.05, 3.63) is 53.3 Å². The van der Waals surface area contributed by atoms with E-state index in [1.807, 2.05) is 0 Å². The highest BCUT2D eigenvalue weighted by molar-refractivity contribution is 6.30. The molecule has 1 saturated heterocycles. The molecule has 1 fully saturated rings. The average molecular weight is 443 g/mol. The van der Waals surface area contributed by atoms with Crippen LogP contribution >= 0.6 is 11.6 Å². The highest BCUT2D eigenvalue weighted by Gasteiger charge is 2.31. The summed E-state index contributed by atoms with van der Waals surface area (Å²) in [7, 11) is 0. The second-order valence-corrected chi connectivity index (χ2v) is 7.04. The van der Waals surface area contributed by atoms with Gasteiger partial charge >= 0.3 is 12.4 Å². The van der Waals surface area contributed by atoms with Crippen molar-refractivity contribution in [3.63, 3.8) is 0 Å². The molecule has 2 aromatic rings. The molecule has 0 saturated carbocycles. The van der Waals surface area contributed by atoms with Crippen LogP contribution in [0.1, 0.15) is 23.3 Å². The maximum Gasteiger partial charge on any atom is 0.573 e. The molecule has 1 aromatic heterocycles. The van der Waals surface area contributed by atoms with Crippen LogP contribution in [-0.2, 0) is 0 Å². The topological polar surface area (TPSA) is 83.6 Å². The number of piperidine rings is 1. The molecule has 0 aliphatic carbocycles. The van der Waals surface area contributed by atoms with Crippen LogP contribution in [0, 0.1) is 0 Å². The maximum atomic E-state index is 12.4. The molecule has 0 atom stereocenters. The van der Waals surface area contributed by atoms with Crippen molar-refractivity contribution in [2.75, 3.05) is 18.4 Å². The van der Waals surface area contributed by atoms with E-state index in [4.69, 9.17) is 11.6 Å². The number of carbonyl (C=O) groups is 2. The Balaban J connectivity index is 1.45. The highest BCUT2D eigenvalue weighted by Crippen LogP contribution is 2.24. The number of aromatic nitrogens is 1. The van der Waals surface area contributed by atoms with Crippen LogP contribution in [0.3, 0.4) is 0 Å². The van der Waals surface area contributed by atoms with Crippen LogP contribution in [0.5, 0.6) is 5.75 Å². The lowest BCUT2D eigenvalue weighted by atomic mass is 10.0. The number of likely N-dealkylation sites (tertiary alicyclic amines) is 1. The first-order valence-corrected chi connectivity index (χ1v) is 9.41. The fraction of sp³-hybridized carbons (Fsp3) is 0.316. The largest absolute Gasteiger partial charge is 0.573 e. The molecule has 0 spiro atoms. The summed E-state index contributed by atoms with van der Waals surface area (Å²) in [5.41, 5.74) is 0.630. The number of alkyl halides is 3. The monoisotopic (exact) mass is 442 g/mol. The number of urea groups is 1. The molecular formula is C19H18ClF3N4O3. The zero-order valence-corrected chi connectivity index (χ0v) is 16.3. The summed E-state index contributed by atoms with van der Waals surface area (Å²) in [6, 6.07) is 7.37. The highest BCUT2D eigenvalue weighted by atomic mass is 35.5. The Morgan fingerprint density at radius 3 is 2.33 bits per heavy atom. The Morgan fingerprint density at radius 1 is 1.10 bits per heavy atom. The molecule has 160 valence electrons. The van der Waals surface area contributed by atoms with Gasteiger partial charge in [-0.1, -0.05) is 11.6 Å². The lowest BCUT2D eigenvalue weighted by Gasteiger charge is -2.32. The first-order chi connectivity index (χ1) is 14.2. The fourth-order valence-electron chi connectivity index (χ4n) is 2.98. The molecule has 2 N–H and O–H groups in total. The fourth-order valence-corrected chi connectivity index (χ4v) is 3.10. The number of halogens is 4. The summed E-state index contributed by atoms with van der Waals surface area (Å²) < 4.78 is 40.3. The van der Waals surface area contributed by atoms with Gasteiger partial charge < -0.3 is 20.3 Å². The molecule has 1 aromatic carbocycles. The van der Waals surface area contributed by atoms with Crippen molar-refractivity contribution >= 4 is 29.2 Å². The second-order valence-electron chi connectivity index (χ2n) is 6.60. The smallest absolute Gasteiger partial charge is 0.406 e. The Kier molecular flexibility index (Phi) is 6.66. The molecule has 3 amide bonds. The molecule has 7 nitrogen and oxygen atoms in total. The number of carbonyl (C=O) groups excluding carboxylic acids is 2. The van der Waals surface area contributed by atoms with E-state index >= 15 is 0 Å². The molecular weight excluding hydrogens is 425 g/mol. The van der Waals surface area contributed by atoms with Crippen molar-refractivity contribution in [1.82, 2.24) is 15.2 Å². The van der Waals surface area contributed by atoms with Gasteiger partial charge in [0, 0.05) is 31.0 Å². The number of nitrogens with zero attached hydrogens (tertiary/aromatic N) is 2. The van der Waals surface area contributed by atoms with E-state index in [-0.39, 0.29) is 17.7 Å². The van der Waals surface area contributed by atoms with Gasteiger partial charge in [0.15, 0.2) is 0 Å². The van der Waals surface area contributed by atoms with Crippen molar-refractivity contribution in [2.45, 2.75) is 25.2 Å². The van der Waals surface area contributed by atoms with Gasteiger partial charge in [-0.15, -0.1) is 13.2 Å². The van der Waals surface area contributed by atoms with Gasteiger partial charge in [-0.3, -0.25) is 4.79 Å². The minimum atomic E-state index is -4.77. The van der Waals surface area contributed by atoms with Crippen LogP contribution < -0.4 is 15.4 Å². The van der Waals surface area contributed by atoms with E-state index in [2.05, 4.69) is 20.4 Å². The summed E-state index contributed by atoms with van der Waals surface area (Å²) >= 11 is 5.78. The van der Waals surface area contributed by atoms with E-state index in [9.17, 15) is 22.8 Å². The number of nitrogens with one attached hydrogen (secondary N) is 2.